The lowest BCUT2D eigenvalue weighted by Crippen LogP contribution is -2.31. The number of amides is 1. The summed E-state index contributed by atoms with van der Waals surface area (Å²) in [5, 5.41) is 15.1. The Hall–Kier alpha value is -4.11. The molecule has 0 aliphatic heterocycles. The molecule has 0 radical (unpaired) electrons. The summed E-state index contributed by atoms with van der Waals surface area (Å²) in [4.78, 5) is 23.9. The molecule has 6 heteroatoms. The minimum Gasteiger partial charge on any atom is -0.456 e. The number of carbonyl (C=O) groups excluding carboxylic acids is 2. The second-order valence-corrected chi connectivity index (χ2v) is 6.73. The van der Waals surface area contributed by atoms with Gasteiger partial charge in [0.2, 0.25) is 5.91 Å². The molecule has 0 fully saturated rings. The van der Waals surface area contributed by atoms with Gasteiger partial charge in [0.05, 0.1) is 5.56 Å². The van der Waals surface area contributed by atoms with Crippen molar-refractivity contribution in [2.24, 2.45) is 0 Å². The van der Waals surface area contributed by atoms with Gasteiger partial charge in [-0.1, -0.05) is 24.3 Å². The van der Waals surface area contributed by atoms with Gasteiger partial charge < -0.3 is 15.4 Å². The van der Waals surface area contributed by atoms with Crippen LogP contribution in [-0.4, -0.2) is 17.7 Å². The van der Waals surface area contributed by atoms with Crippen molar-refractivity contribution in [3.63, 3.8) is 0 Å². The number of nitrogens with zero attached hydrogens (tertiary/aromatic N) is 1. The lowest BCUT2D eigenvalue weighted by Gasteiger charge is -2.16. The van der Waals surface area contributed by atoms with Crippen molar-refractivity contribution >= 4 is 23.1 Å². The Morgan fingerprint density at radius 1 is 0.967 bits per heavy atom. The van der Waals surface area contributed by atoms with Crippen molar-refractivity contribution in [3.8, 4) is 17.6 Å². The minimum atomic E-state index is -0.503. The zero-order chi connectivity index (χ0) is 21.5. The summed E-state index contributed by atoms with van der Waals surface area (Å²) in [5.41, 5.74) is 2.32. The number of hydrogen-bond donors (Lipinski definition) is 2. The predicted octanol–water partition coefficient (Wildman–Crippen LogP) is 4.99. The van der Waals surface area contributed by atoms with Crippen LogP contribution in [-0.2, 0) is 4.79 Å². The topological polar surface area (TPSA) is 91.2 Å². The number of benzene rings is 3. The van der Waals surface area contributed by atoms with Gasteiger partial charge in [0.15, 0.2) is 5.78 Å². The van der Waals surface area contributed by atoms with E-state index in [4.69, 9.17) is 10.00 Å². The molecule has 3 aromatic carbocycles. The summed E-state index contributed by atoms with van der Waals surface area (Å²) in [6.07, 6.45) is 0. The Morgan fingerprint density at radius 3 is 2.40 bits per heavy atom. The molecule has 30 heavy (non-hydrogen) atoms. The lowest BCUT2D eigenvalue weighted by atomic mass is 10.1. The Kier molecular flexibility index (Phi) is 6.46. The summed E-state index contributed by atoms with van der Waals surface area (Å²) in [6.45, 7) is 3.23. The van der Waals surface area contributed by atoms with Crippen molar-refractivity contribution in [3.05, 3.63) is 83.9 Å². The minimum absolute atomic E-state index is 0.0584. The van der Waals surface area contributed by atoms with Crippen LogP contribution in [0, 0.1) is 11.3 Å². The van der Waals surface area contributed by atoms with E-state index in [9.17, 15) is 9.59 Å². The highest BCUT2D eigenvalue weighted by atomic mass is 16.5. The summed E-state index contributed by atoms with van der Waals surface area (Å²) >= 11 is 0. The van der Waals surface area contributed by atoms with E-state index in [-0.39, 0.29) is 11.7 Å². The molecule has 0 aliphatic rings. The number of ketones is 1. The fourth-order valence-corrected chi connectivity index (χ4v) is 2.78. The molecule has 6 nitrogen and oxygen atoms in total. The highest BCUT2D eigenvalue weighted by Gasteiger charge is 2.13. The third kappa shape index (κ3) is 5.24. The number of rotatable bonds is 7. The van der Waals surface area contributed by atoms with Gasteiger partial charge in [-0.3, -0.25) is 9.59 Å². The molecular formula is C24H21N3O3. The molecular weight excluding hydrogens is 378 g/mol. The van der Waals surface area contributed by atoms with Gasteiger partial charge >= 0.3 is 0 Å². The molecule has 3 rings (SSSR count). The van der Waals surface area contributed by atoms with Crippen molar-refractivity contribution in [2.75, 3.05) is 10.6 Å². The van der Waals surface area contributed by atoms with Crippen LogP contribution >= 0.6 is 0 Å². The van der Waals surface area contributed by atoms with Crippen LogP contribution in [0.2, 0.25) is 0 Å². The highest BCUT2D eigenvalue weighted by Crippen LogP contribution is 2.26. The second kappa shape index (κ2) is 9.39. The van der Waals surface area contributed by atoms with Gasteiger partial charge in [0, 0.05) is 16.9 Å². The Balaban J connectivity index is 1.61. The van der Waals surface area contributed by atoms with E-state index < -0.39 is 6.04 Å². The monoisotopic (exact) mass is 399 g/mol. The molecule has 1 unspecified atom stereocenters. The van der Waals surface area contributed by atoms with Gasteiger partial charge in [-0.15, -0.1) is 0 Å². The number of Topliss-reactive ketones (excluding diaryl/α,β-unsaturated/α-hetero) is 1. The maximum atomic E-state index is 12.5. The van der Waals surface area contributed by atoms with Crippen LogP contribution in [0.1, 0.15) is 29.8 Å². The number of anilines is 2. The standard InChI is InChI=1S/C24H21N3O3/c1-16(24(29)27-21-8-5-7-18(14-21)17(2)28)26-20-10-12-22(13-11-20)30-23-9-4-3-6-19(23)15-25/h3-14,16,26H,1-2H3,(H,27,29). The van der Waals surface area contributed by atoms with Gasteiger partial charge in [-0.25, -0.2) is 0 Å². The quantitative estimate of drug-likeness (QED) is 0.546. The van der Waals surface area contributed by atoms with E-state index in [1.165, 1.54) is 6.92 Å². The van der Waals surface area contributed by atoms with Gasteiger partial charge in [0.1, 0.15) is 23.6 Å². The normalized spacial score (nSPS) is 11.1. The molecule has 3 aromatic rings. The van der Waals surface area contributed by atoms with E-state index in [0.717, 1.165) is 5.69 Å². The first kappa shape index (κ1) is 20.6. The molecule has 0 aliphatic carbocycles. The van der Waals surface area contributed by atoms with E-state index in [1.807, 2.05) is 0 Å². The molecule has 2 N–H and O–H groups in total. The van der Waals surface area contributed by atoms with Crippen molar-refractivity contribution in [2.45, 2.75) is 19.9 Å². The molecule has 0 saturated heterocycles. The van der Waals surface area contributed by atoms with Crippen LogP contribution in [0.15, 0.2) is 72.8 Å². The number of ether oxygens (including phenoxy) is 1. The molecule has 0 aromatic heterocycles. The van der Waals surface area contributed by atoms with Crippen LogP contribution in [0.4, 0.5) is 11.4 Å². The Morgan fingerprint density at radius 2 is 1.70 bits per heavy atom. The van der Waals surface area contributed by atoms with E-state index in [0.29, 0.717) is 28.3 Å². The van der Waals surface area contributed by atoms with Crippen LogP contribution in [0.3, 0.4) is 0 Å². The molecule has 150 valence electrons. The molecule has 1 atom stereocenters. The Bertz CT molecular complexity index is 1100. The molecule has 1 amide bonds. The average molecular weight is 399 g/mol. The first-order chi connectivity index (χ1) is 14.5. The first-order valence-electron chi connectivity index (χ1n) is 9.41. The highest BCUT2D eigenvalue weighted by molar-refractivity contribution is 5.99. The van der Waals surface area contributed by atoms with Crippen molar-refractivity contribution in [1.82, 2.24) is 0 Å². The van der Waals surface area contributed by atoms with Gasteiger partial charge in [-0.05, 0) is 62.4 Å². The smallest absolute Gasteiger partial charge is 0.246 e. The predicted molar refractivity (Wildman–Crippen MR) is 116 cm³/mol. The van der Waals surface area contributed by atoms with Gasteiger partial charge in [0.25, 0.3) is 0 Å². The maximum absolute atomic E-state index is 12.5. The fourth-order valence-electron chi connectivity index (χ4n) is 2.78. The summed E-state index contributed by atoms with van der Waals surface area (Å²) in [6, 6.07) is 22.5. The molecule has 0 bridgehead atoms. The number of para-hydroxylation sites is 1. The Labute approximate surface area is 175 Å². The summed E-state index contributed by atoms with van der Waals surface area (Å²) in [7, 11) is 0. The number of hydrogen-bond acceptors (Lipinski definition) is 5. The zero-order valence-corrected chi connectivity index (χ0v) is 16.7. The van der Waals surface area contributed by atoms with E-state index in [1.54, 1.807) is 79.7 Å². The SMILES string of the molecule is CC(=O)c1cccc(NC(=O)C(C)Nc2ccc(Oc3ccccc3C#N)cc2)c1. The third-order valence-corrected chi connectivity index (χ3v) is 4.40. The fraction of sp³-hybridized carbons (Fsp3) is 0.125. The summed E-state index contributed by atoms with van der Waals surface area (Å²) < 4.78 is 5.76. The van der Waals surface area contributed by atoms with Crippen molar-refractivity contribution < 1.29 is 14.3 Å². The van der Waals surface area contributed by atoms with Crippen molar-refractivity contribution in [1.29, 1.82) is 5.26 Å². The van der Waals surface area contributed by atoms with E-state index in [2.05, 4.69) is 16.7 Å². The number of carbonyl (C=O) groups is 2. The zero-order valence-electron chi connectivity index (χ0n) is 16.7. The van der Waals surface area contributed by atoms with Crippen LogP contribution in [0.5, 0.6) is 11.5 Å². The lowest BCUT2D eigenvalue weighted by molar-refractivity contribution is -0.116. The number of nitrogens with one attached hydrogen (secondary N) is 2. The van der Waals surface area contributed by atoms with Gasteiger partial charge in [-0.2, -0.15) is 5.26 Å². The summed E-state index contributed by atoms with van der Waals surface area (Å²) in [5.74, 6) is 0.790. The van der Waals surface area contributed by atoms with Crippen LogP contribution < -0.4 is 15.4 Å². The molecule has 0 heterocycles. The van der Waals surface area contributed by atoms with E-state index >= 15 is 0 Å². The second-order valence-electron chi connectivity index (χ2n) is 6.73. The largest absolute Gasteiger partial charge is 0.456 e. The first-order valence-corrected chi connectivity index (χ1v) is 9.41. The molecule has 0 saturated carbocycles. The third-order valence-electron chi connectivity index (χ3n) is 4.40. The number of nitriles is 1. The van der Waals surface area contributed by atoms with Crippen LogP contribution in [0.25, 0.3) is 0 Å². The average Bonchev–Trinajstić information content (AvgIpc) is 2.75. The molecule has 0 spiro atoms. The maximum Gasteiger partial charge on any atom is 0.246 e.